The van der Waals surface area contributed by atoms with Gasteiger partial charge < -0.3 is 33.4 Å². The van der Waals surface area contributed by atoms with Crippen molar-refractivity contribution >= 4 is 22.9 Å². The molecule has 8 nitrogen and oxygen atoms in total. The molecule has 1 aliphatic rings. The first-order chi connectivity index (χ1) is 30.5. The molecule has 0 aliphatic carbocycles. The lowest BCUT2D eigenvalue weighted by Crippen LogP contribution is -2.58. The van der Waals surface area contributed by atoms with Gasteiger partial charge in [0.2, 0.25) is 0 Å². The second-order valence-electron chi connectivity index (χ2n) is 15.8. The standard InChI is InChI=1S/C54H53NO7/c1-39-16-14-26-46-47(33-55(50(39)46)32-41-30-28-40(29-31-41)25-15-27-49(56)57)51-53(60-36-44-21-10-4-11-22-44)54(61-37-45-23-12-5-13-24-45)52(59-35-43-19-8-3-9-20-43)48(62-51)38-58-34-42-17-6-2-7-18-42/h2-26,28-31,33,48,51-54H,27,32,34-38H2,1H3,(H,56,57)/t48-,51+,52-,53+,54+/m1/s1. The number of rotatable bonds is 19. The van der Waals surface area contributed by atoms with Crippen LogP contribution in [-0.4, -0.2) is 46.7 Å². The molecule has 0 bridgehead atoms. The molecular formula is C54H53NO7. The maximum absolute atomic E-state index is 11.1. The third-order valence-corrected chi connectivity index (χ3v) is 11.3. The molecule has 1 fully saturated rings. The Balaban J connectivity index is 1.19. The highest BCUT2D eigenvalue weighted by atomic mass is 16.6. The lowest BCUT2D eigenvalue weighted by molar-refractivity contribution is -0.274. The lowest BCUT2D eigenvalue weighted by Gasteiger charge is -2.46. The summed E-state index contributed by atoms with van der Waals surface area (Å²) in [4.78, 5) is 11.1. The van der Waals surface area contributed by atoms with Crippen LogP contribution in [0.3, 0.4) is 0 Å². The van der Waals surface area contributed by atoms with Gasteiger partial charge in [-0.25, -0.2) is 0 Å². The van der Waals surface area contributed by atoms with E-state index in [0.29, 0.717) is 33.0 Å². The Morgan fingerprint density at radius 1 is 0.613 bits per heavy atom. The Morgan fingerprint density at radius 3 is 1.71 bits per heavy atom. The highest BCUT2D eigenvalue weighted by molar-refractivity contribution is 5.87. The maximum Gasteiger partial charge on any atom is 0.307 e. The summed E-state index contributed by atoms with van der Waals surface area (Å²) >= 11 is 0. The van der Waals surface area contributed by atoms with Crippen LogP contribution in [0.25, 0.3) is 17.0 Å². The highest BCUT2D eigenvalue weighted by Gasteiger charge is 2.49. The van der Waals surface area contributed by atoms with Crippen molar-refractivity contribution in [1.82, 2.24) is 4.57 Å². The molecule has 6 aromatic carbocycles. The number of aryl methyl sites for hydroxylation is 1. The molecular weight excluding hydrogens is 775 g/mol. The van der Waals surface area contributed by atoms with Gasteiger partial charge in [-0.2, -0.15) is 0 Å². The smallest absolute Gasteiger partial charge is 0.307 e. The lowest BCUT2D eigenvalue weighted by atomic mass is 9.90. The number of aromatic nitrogens is 1. The van der Waals surface area contributed by atoms with E-state index in [-0.39, 0.29) is 13.0 Å². The van der Waals surface area contributed by atoms with E-state index >= 15 is 0 Å². The number of nitrogens with zero attached hydrogens (tertiary/aromatic N) is 1. The van der Waals surface area contributed by atoms with Crippen LogP contribution in [-0.2, 0) is 61.5 Å². The number of ether oxygens (including phenoxy) is 5. The number of para-hydroxylation sites is 1. The molecule has 0 unspecified atom stereocenters. The Labute approximate surface area is 363 Å². The molecule has 8 rings (SSSR count). The van der Waals surface area contributed by atoms with E-state index in [1.54, 1.807) is 6.08 Å². The summed E-state index contributed by atoms with van der Waals surface area (Å²) in [5, 5.41) is 10.2. The molecule has 1 aromatic heterocycles. The van der Waals surface area contributed by atoms with Crippen molar-refractivity contribution in [1.29, 1.82) is 0 Å². The molecule has 5 atom stereocenters. The highest BCUT2D eigenvalue weighted by Crippen LogP contribution is 2.42. The second-order valence-corrected chi connectivity index (χ2v) is 15.8. The van der Waals surface area contributed by atoms with Crippen molar-refractivity contribution < 1.29 is 33.6 Å². The molecule has 0 saturated carbocycles. The van der Waals surface area contributed by atoms with Crippen LogP contribution in [0.5, 0.6) is 0 Å². The molecule has 62 heavy (non-hydrogen) atoms. The summed E-state index contributed by atoms with van der Waals surface area (Å²) in [6.45, 7) is 4.51. The summed E-state index contributed by atoms with van der Waals surface area (Å²) in [6, 6.07) is 55.4. The largest absolute Gasteiger partial charge is 0.481 e. The van der Waals surface area contributed by atoms with Gasteiger partial charge in [-0.15, -0.1) is 0 Å². The molecule has 7 aromatic rings. The summed E-state index contributed by atoms with van der Waals surface area (Å²) in [5.74, 6) is -0.853. The molecule has 0 radical (unpaired) electrons. The summed E-state index contributed by atoms with van der Waals surface area (Å²) in [7, 11) is 0. The SMILES string of the molecule is Cc1cccc2c([C@@H]3O[C@H](COCc4ccccc4)[C@@H](OCc4ccccc4)[C@H](OCc4ccccc4)[C@H]3OCc3ccccc3)cn(Cc3ccc(C=CCC(=O)O)cc3)c12. The van der Waals surface area contributed by atoms with Crippen LogP contribution < -0.4 is 0 Å². The minimum atomic E-state index is -0.853. The van der Waals surface area contributed by atoms with Crippen molar-refractivity contribution in [2.75, 3.05) is 6.61 Å². The normalized spacial score (nSPS) is 19.0. The van der Waals surface area contributed by atoms with E-state index in [0.717, 1.165) is 55.4 Å². The number of benzene rings is 6. The van der Waals surface area contributed by atoms with Gasteiger partial charge in [-0.3, -0.25) is 4.79 Å². The zero-order valence-corrected chi connectivity index (χ0v) is 35.0. The number of fused-ring (bicyclic) bond motifs is 1. The van der Waals surface area contributed by atoms with E-state index in [1.165, 1.54) is 0 Å². The van der Waals surface area contributed by atoms with E-state index in [9.17, 15) is 4.79 Å². The first-order valence-corrected chi connectivity index (χ1v) is 21.3. The first kappa shape index (κ1) is 42.6. The molecule has 0 amide bonds. The number of carboxylic acids is 1. The number of carbonyl (C=O) groups is 1. The fourth-order valence-electron chi connectivity index (χ4n) is 8.19. The fraction of sp³-hybridized carbons (Fsp3) is 0.241. The fourth-order valence-corrected chi connectivity index (χ4v) is 8.19. The van der Waals surface area contributed by atoms with Gasteiger partial charge in [0.25, 0.3) is 0 Å². The first-order valence-electron chi connectivity index (χ1n) is 21.3. The quantitative estimate of drug-likeness (QED) is 0.0868. The molecule has 8 heteroatoms. The van der Waals surface area contributed by atoms with E-state index in [4.69, 9.17) is 28.8 Å². The Hall–Kier alpha value is -6.13. The number of aliphatic carboxylic acids is 1. The third kappa shape index (κ3) is 11.0. The van der Waals surface area contributed by atoms with Crippen molar-refractivity contribution in [3.8, 4) is 0 Å². The number of hydrogen-bond acceptors (Lipinski definition) is 6. The van der Waals surface area contributed by atoms with Crippen LogP contribution >= 0.6 is 0 Å². The minimum absolute atomic E-state index is 0.0173. The minimum Gasteiger partial charge on any atom is -0.481 e. The Morgan fingerprint density at radius 2 is 1.15 bits per heavy atom. The van der Waals surface area contributed by atoms with Crippen molar-refractivity contribution in [3.63, 3.8) is 0 Å². The van der Waals surface area contributed by atoms with Gasteiger partial charge in [0.1, 0.15) is 30.5 Å². The van der Waals surface area contributed by atoms with Gasteiger partial charge in [0.15, 0.2) is 0 Å². The van der Waals surface area contributed by atoms with Crippen LogP contribution in [0.2, 0.25) is 0 Å². The van der Waals surface area contributed by atoms with Gasteiger partial charge >= 0.3 is 5.97 Å². The van der Waals surface area contributed by atoms with Gasteiger partial charge in [0.05, 0.1) is 45.0 Å². The molecule has 2 heterocycles. The molecule has 0 spiro atoms. The predicted molar refractivity (Wildman–Crippen MR) is 242 cm³/mol. The number of hydrogen-bond donors (Lipinski definition) is 1. The van der Waals surface area contributed by atoms with Gasteiger partial charge in [-0.1, -0.05) is 176 Å². The van der Waals surface area contributed by atoms with E-state index in [1.807, 2.05) is 91.0 Å². The predicted octanol–water partition coefficient (Wildman–Crippen LogP) is 10.9. The zero-order chi connectivity index (χ0) is 42.5. The Bertz CT molecular complexity index is 2490. The third-order valence-electron chi connectivity index (χ3n) is 11.3. The van der Waals surface area contributed by atoms with Crippen LogP contribution in [0.4, 0.5) is 0 Å². The zero-order valence-electron chi connectivity index (χ0n) is 35.0. The van der Waals surface area contributed by atoms with Crippen molar-refractivity contribution in [2.45, 2.75) is 76.8 Å². The van der Waals surface area contributed by atoms with Gasteiger partial charge in [0, 0.05) is 23.7 Å². The van der Waals surface area contributed by atoms with Crippen molar-refractivity contribution in [2.24, 2.45) is 0 Å². The van der Waals surface area contributed by atoms with Gasteiger partial charge in [-0.05, 0) is 45.9 Å². The van der Waals surface area contributed by atoms with E-state index in [2.05, 4.69) is 96.6 Å². The van der Waals surface area contributed by atoms with E-state index < -0.39 is 36.5 Å². The van der Waals surface area contributed by atoms with Crippen molar-refractivity contribution in [3.05, 3.63) is 221 Å². The molecule has 1 N–H and O–H groups in total. The maximum atomic E-state index is 11.1. The average molecular weight is 828 g/mol. The molecule has 1 saturated heterocycles. The van der Waals surface area contributed by atoms with Crippen LogP contribution in [0.15, 0.2) is 176 Å². The summed E-state index contributed by atoms with van der Waals surface area (Å²) < 4.78 is 37.3. The monoisotopic (exact) mass is 827 g/mol. The summed E-state index contributed by atoms with van der Waals surface area (Å²) in [5.41, 5.74) is 9.52. The van der Waals surface area contributed by atoms with Crippen LogP contribution in [0.1, 0.15) is 57.0 Å². The topological polar surface area (TPSA) is 88.4 Å². The average Bonchev–Trinajstić information content (AvgIpc) is 3.67. The second kappa shape index (κ2) is 21.1. The molecule has 1 aliphatic heterocycles. The summed E-state index contributed by atoms with van der Waals surface area (Å²) in [6.07, 6.45) is 2.93. The number of carboxylic acid groups (broad SMARTS) is 1. The molecule has 316 valence electrons. The van der Waals surface area contributed by atoms with Crippen LogP contribution in [0, 0.1) is 6.92 Å². The Kier molecular flexibility index (Phi) is 14.5.